The molecule has 408 valence electrons. The van der Waals surface area contributed by atoms with E-state index in [4.69, 9.17) is 18.9 Å². The number of nitrogens with one attached hydrogen (secondary N) is 1. The largest absolute Gasteiger partial charge is 0.394 e. The number of aliphatic hydroxyl groups is 8. The standard InChI is InChI=1S/C56H101NO13/c1-3-5-7-9-11-13-14-15-16-17-18-19-20-21-22-23-24-25-26-27-28-29-30-32-34-36-38-40-48(61)57-44(45(60)39-37-35-33-31-12-10-8-6-4-2)43-67-55-53(66)51(64)54(47(42-59)69-55)70-56-52(65)50(63)49(62)46(41-58)68-56/h5,7,11,13,15-16,18-19,44-47,49-56,58-60,62-66H,3-4,6,8-10,12,14,17,20-43H2,1-2H3,(H,57,61)/b7-5-,13-11-,16-15-,19-18-. The van der Waals surface area contributed by atoms with E-state index in [2.05, 4.69) is 67.8 Å². The van der Waals surface area contributed by atoms with Gasteiger partial charge in [-0.05, 0) is 51.4 Å². The van der Waals surface area contributed by atoms with Crippen LogP contribution >= 0.6 is 0 Å². The van der Waals surface area contributed by atoms with E-state index in [1.165, 1.54) is 103 Å². The lowest BCUT2D eigenvalue weighted by atomic mass is 9.97. The fourth-order valence-corrected chi connectivity index (χ4v) is 9.05. The van der Waals surface area contributed by atoms with Gasteiger partial charge in [0.2, 0.25) is 5.91 Å². The van der Waals surface area contributed by atoms with Gasteiger partial charge in [0.1, 0.15) is 48.8 Å². The minimum absolute atomic E-state index is 0.211. The van der Waals surface area contributed by atoms with Crippen LogP contribution in [0.2, 0.25) is 0 Å². The number of hydrogen-bond acceptors (Lipinski definition) is 13. The molecule has 0 aliphatic carbocycles. The van der Waals surface area contributed by atoms with Crippen molar-refractivity contribution >= 4 is 5.91 Å². The monoisotopic (exact) mass is 996 g/mol. The third-order valence-corrected chi connectivity index (χ3v) is 13.6. The molecular formula is C56H101NO13. The van der Waals surface area contributed by atoms with Crippen LogP contribution in [0.3, 0.4) is 0 Å². The van der Waals surface area contributed by atoms with Crippen molar-refractivity contribution in [3.05, 3.63) is 48.6 Å². The first kappa shape index (κ1) is 64.1. The number of rotatable bonds is 43. The number of unbranched alkanes of at least 4 members (excludes halogenated alkanes) is 22. The molecule has 1 amide bonds. The molecule has 12 unspecified atom stereocenters. The van der Waals surface area contributed by atoms with Gasteiger partial charge < -0.3 is 65.1 Å². The number of hydrogen-bond donors (Lipinski definition) is 9. The van der Waals surface area contributed by atoms with Crippen LogP contribution in [0.1, 0.15) is 206 Å². The first-order chi connectivity index (χ1) is 34.1. The molecule has 14 heteroatoms. The number of ether oxygens (including phenoxy) is 4. The summed E-state index contributed by atoms with van der Waals surface area (Å²) in [6, 6.07) is -0.827. The molecule has 0 spiro atoms. The molecule has 70 heavy (non-hydrogen) atoms. The van der Waals surface area contributed by atoms with Crippen molar-refractivity contribution in [1.82, 2.24) is 5.32 Å². The summed E-state index contributed by atoms with van der Waals surface area (Å²) >= 11 is 0. The Hall–Kier alpha value is -2.05. The van der Waals surface area contributed by atoms with Gasteiger partial charge in [0.25, 0.3) is 0 Å². The highest BCUT2D eigenvalue weighted by atomic mass is 16.7. The molecule has 0 bridgehead atoms. The zero-order chi connectivity index (χ0) is 51.0. The summed E-state index contributed by atoms with van der Waals surface area (Å²) in [5.41, 5.74) is 0. The maximum atomic E-state index is 13.2. The highest BCUT2D eigenvalue weighted by Crippen LogP contribution is 2.30. The molecule has 0 aromatic heterocycles. The van der Waals surface area contributed by atoms with E-state index in [0.29, 0.717) is 12.8 Å². The lowest BCUT2D eigenvalue weighted by molar-refractivity contribution is -0.359. The zero-order valence-electron chi connectivity index (χ0n) is 43.5. The zero-order valence-corrected chi connectivity index (χ0v) is 43.5. The number of allylic oxidation sites excluding steroid dienone is 8. The Kier molecular flexibility index (Phi) is 38.7. The summed E-state index contributed by atoms with van der Waals surface area (Å²) < 4.78 is 22.7. The van der Waals surface area contributed by atoms with E-state index in [9.17, 15) is 45.6 Å². The van der Waals surface area contributed by atoms with E-state index < -0.39 is 86.8 Å². The first-order valence-electron chi connectivity index (χ1n) is 27.9. The van der Waals surface area contributed by atoms with Crippen molar-refractivity contribution in [2.45, 2.75) is 280 Å². The fourth-order valence-electron chi connectivity index (χ4n) is 9.05. The lowest BCUT2D eigenvalue weighted by Gasteiger charge is -2.46. The molecular weight excluding hydrogens is 895 g/mol. The molecule has 0 saturated carbocycles. The van der Waals surface area contributed by atoms with E-state index in [-0.39, 0.29) is 12.5 Å². The van der Waals surface area contributed by atoms with Gasteiger partial charge in [0.15, 0.2) is 12.6 Å². The second-order valence-corrected chi connectivity index (χ2v) is 19.7. The second kappa shape index (κ2) is 42.3. The van der Waals surface area contributed by atoms with Gasteiger partial charge in [-0.25, -0.2) is 0 Å². The third kappa shape index (κ3) is 28.4. The second-order valence-electron chi connectivity index (χ2n) is 19.7. The summed E-state index contributed by atoms with van der Waals surface area (Å²) in [5.74, 6) is -0.211. The minimum atomic E-state index is -1.78. The smallest absolute Gasteiger partial charge is 0.220 e. The Bertz CT molecular complexity index is 1360. The van der Waals surface area contributed by atoms with Crippen molar-refractivity contribution in [1.29, 1.82) is 0 Å². The lowest BCUT2D eigenvalue weighted by Crippen LogP contribution is -2.65. The van der Waals surface area contributed by atoms with Crippen LogP contribution in [0, 0.1) is 0 Å². The van der Waals surface area contributed by atoms with Crippen LogP contribution in [-0.2, 0) is 23.7 Å². The molecule has 0 radical (unpaired) electrons. The molecule has 12 atom stereocenters. The van der Waals surface area contributed by atoms with Gasteiger partial charge in [-0.3, -0.25) is 4.79 Å². The van der Waals surface area contributed by atoms with Crippen molar-refractivity contribution in [3.8, 4) is 0 Å². The normalized spacial score (nSPS) is 26.3. The Balaban J connectivity index is 1.67. The quantitative estimate of drug-likeness (QED) is 0.0207. The van der Waals surface area contributed by atoms with Gasteiger partial charge in [-0.1, -0.05) is 197 Å². The van der Waals surface area contributed by atoms with Crippen LogP contribution in [0.5, 0.6) is 0 Å². The Morgan fingerprint density at radius 3 is 1.51 bits per heavy atom. The van der Waals surface area contributed by atoms with Crippen LogP contribution in [0.15, 0.2) is 48.6 Å². The van der Waals surface area contributed by atoms with Crippen molar-refractivity contribution < 1.29 is 64.6 Å². The van der Waals surface area contributed by atoms with E-state index in [1.807, 2.05) is 0 Å². The molecule has 0 aromatic carbocycles. The Labute approximate surface area is 423 Å². The average Bonchev–Trinajstić information content (AvgIpc) is 3.36. The van der Waals surface area contributed by atoms with Crippen molar-refractivity contribution in [2.24, 2.45) is 0 Å². The molecule has 2 aliphatic heterocycles. The summed E-state index contributed by atoms with van der Waals surface area (Å²) in [4.78, 5) is 13.2. The molecule has 2 saturated heterocycles. The van der Waals surface area contributed by atoms with Gasteiger partial charge >= 0.3 is 0 Å². The third-order valence-electron chi connectivity index (χ3n) is 13.6. The SMILES string of the molecule is CC/C=C\C/C=C\C/C=C\C/C=C\CCCCCCCCCCCCCCCCC(=O)NC(COC1OC(CO)C(OC2OC(CO)C(O)C(O)C2O)C(O)C1O)C(O)CCCCCCCCCCC. The number of carbonyl (C=O) groups is 1. The molecule has 2 aliphatic rings. The fraction of sp³-hybridized carbons (Fsp3) is 0.839. The number of carbonyl (C=O) groups excluding carboxylic acids is 1. The maximum absolute atomic E-state index is 13.2. The highest BCUT2D eigenvalue weighted by molar-refractivity contribution is 5.76. The predicted molar refractivity (Wildman–Crippen MR) is 277 cm³/mol. The topological polar surface area (TPSA) is 228 Å². The summed E-state index contributed by atoms with van der Waals surface area (Å²) in [6.45, 7) is 2.71. The van der Waals surface area contributed by atoms with Crippen LogP contribution in [0.25, 0.3) is 0 Å². The van der Waals surface area contributed by atoms with Gasteiger partial charge in [0.05, 0.1) is 32.0 Å². The average molecular weight is 996 g/mol. The molecule has 2 fully saturated rings. The van der Waals surface area contributed by atoms with Gasteiger partial charge in [-0.15, -0.1) is 0 Å². The first-order valence-corrected chi connectivity index (χ1v) is 27.9. The van der Waals surface area contributed by atoms with Gasteiger partial charge in [-0.2, -0.15) is 0 Å². The van der Waals surface area contributed by atoms with Crippen molar-refractivity contribution in [2.75, 3.05) is 19.8 Å². The van der Waals surface area contributed by atoms with Crippen LogP contribution in [0.4, 0.5) is 0 Å². The summed E-state index contributed by atoms with van der Waals surface area (Å²) in [7, 11) is 0. The molecule has 2 heterocycles. The molecule has 9 N–H and O–H groups in total. The van der Waals surface area contributed by atoms with E-state index >= 15 is 0 Å². The van der Waals surface area contributed by atoms with Crippen molar-refractivity contribution in [3.63, 3.8) is 0 Å². The number of aliphatic hydroxyl groups excluding tert-OH is 8. The van der Waals surface area contributed by atoms with E-state index in [0.717, 1.165) is 77.0 Å². The van der Waals surface area contributed by atoms with Gasteiger partial charge in [0, 0.05) is 6.42 Å². The highest BCUT2D eigenvalue weighted by Gasteiger charge is 2.51. The molecule has 0 aromatic rings. The van der Waals surface area contributed by atoms with Crippen LogP contribution in [-0.4, -0.2) is 140 Å². The summed E-state index contributed by atoms with van der Waals surface area (Å²) in [6.07, 6.45) is 34.2. The van der Waals surface area contributed by atoms with E-state index in [1.54, 1.807) is 0 Å². The van der Waals surface area contributed by atoms with Crippen LogP contribution < -0.4 is 5.32 Å². The number of amides is 1. The molecule has 2 rings (SSSR count). The minimum Gasteiger partial charge on any atom is -0.394 e. The summed E-state index contributed by atoms with van der Waals surface area (Å²) in [5, 5.41) is 86.9. The maximum Gasteiger partial charge on any atom is 0.220 e. The predicted octanol–water partition coefficient (Wildman–Crippen LogP) is 8.44. The molecule has 14 nitrogen and oxygen atoms in total. The Morgan fingerprint density at radius 2 is 0.986 bits per heavy atom. The Morgan fingerprint density at radius 1 is 0.529 bits per heavy atom.